The lowest BCUT2D eigenvalue weighted by atomic mass is 10.1. The van der Waals surface area contributed by atoms with Crippen LogP contribution < -0.4 is 14.2 Å². The maximum absolute atomic E-state index is 12.7. The summed E-state index contributed by atoms with van der Waals surface area (Å²) in [6.45, 7) is 3.82. The predicted octanol–water partition coefficient (Wildman–Crippen LogP) is 5.22. The zero-order valence-corrected chi connectivity index (χ0v) is 20.5. The molecule has 0 unspecified atom stereocenters. The quantitative estimate of drug-likeness (QED) is 0.449. The van der Waals surface area contributed by atoms with Crippen molar-refractivity contribution in [2.75, 3.05) is 16.6 Å². The monoisotopic (exact) mass is 514 g/mol. The van der Waals surface area contributed by atoms with Crippen molar-refractivity contribution in [3.8, 4) is 5.75 Å². The van der Waals surface area contributed by atoms with E-state index in [1.54, 1.807) is 12.1 Å². The maximum Gasteiger partial charge on any atom is 0.263 e. The van der Waals surface area contributed by atoms with Crippen molar-refractivity contribution < 1.29 is 21.6 Å². The van der Waals surface area contributed by atoms with E-state index in [0.717, 1.165) is 11.1 Å². The molecule has 32 heavy (non-hydrogen) atoms. The molecule has 0 radical (unpaired) electrons. The number of hydrogen-bond donors (Lipinski definition) is 2. The lowest BCUT2D eigenvalue weighted by Crippen LogP contribution is -2.15. The largest absolute Gasteiger partial charge is 0.495 e. The van der Waals surface area contributed by atoms with Gasteiger partial charge in [0.15, 0.2) is 0 Å². The number of ether oxygens (including phenoxy) is 1. The predicted molar refractivity (Wildman–Crippen MR) is 127 cm³/mol. The lowest BCUT2D eigenvalue weighted by molar-refractivity contribution is 0.414. The highest BCUT2D eigenvalue weighted by Gasteiger charge is 2.22. The van der Waals surface area contributed by atoms with Crippen LogP contribution in [0.15, 0.2) is 64.4 Å². The van der Waals surface area contributed by atoms with Crippen LogP contribution in [0.3, 0.4) is 0 Å². The first-order valence-corrected chi connectivity index (χ1v) is 12.9. The number of hydrogen-bond acceptors (Lipinski definition) is 5. The minimum absolute atomic E-state index is 0.0239. The molecule has 11 heteroatoms. The summed E-state index contributed by atoms with van der Waals surface area (Å²) in [5, 5.41) is -0.216. The number of benzene rings is 3. The van der Waals surface area contributed by atoms with Crippen molar-refractivity contribution in [3.05, 3.63) is 75.8 Å². The molecule has 170 valence electrons. The Balaban J connectivity index is 1.82. The first-order valence-electron chi connectivity index (χ1n) is 9.19. The van der Waals surface area contributed by atoms with Crippen molar-refractivity contribution in [1.82, 2.24) is 0 Å². The van der Waals surface area contributed by atoms with E-state index in [2.05, 4.69) is 9.44 Å². The highest BCUT2D eigenvalue weighted by atomic mass is 35.5. The molecule has 7 nitrogen and oxygen atoms in total. The zero-order chi connectivity index (χ0) is 23.7. The summed E-state index contributed by atoms with van der Waals surface area (Å²) < 4.78 is 60.7. The third-order valence-electron chi connectivity index (χ3n) is 4.70. The Kier molecular flexibility index (Phi) is 6.94. The van der Waals surface area contributed by atoms with Gasteiger partial charge in [0, 0.05) is 11.4 Å². The molecule has 0 bridgehead atoms. The molecule has 0 spiro atoms. The maximum atomic E-state index is 12.7. The van der Waals surface area contributed by atoms with Crippen LogP contribution in [0.25, 0.3) is 0 Å². The van der Waals surface area contributed by atoms with Crippen LogP contribution in [0.5, 0.6) is 5.75 Å². The van der Waals surface area contributed by atoms with Crippen molar-refractivity contribution in [2.24, 2.45) is 0 Å². The Morgan fingerprint density at radius 3 is 1.91 bits per heavy atom. The van der Waals surface area contributed by atoms with E-state index in [1.807, 2.05) is 19.9 Å². The third kappa shape index (κ3) is 5.12. The van der Waals surface area contributed by atoms with Crippen LogP contribution in [0.1, 0.15) is 11.1 Å². The molecule has 0 aliphatic rings. The van der Waals surface area contributed by atoms with Crippen molar-refractivity contribution in [1.29, 1.82) is 0 Å². The number of sulfonamides is 2. The van der Waals surface area contributed by atoms with Gasteiger partial charge in [-0.3, -0.25) is 9.44 Å². The van der Waals surface area contributed by atoms with E-state index in [9.17, 15) is 16.8 Å². The summed E-state index contributed by atoms with van der Waals surface area (Å²) in [5.74, 6) is 0.237. The second-order valence-corrected chi connectivity index (χ2v) is 11.0. The molecule has 2 N–H and O–H groups in total. The van der Waals surface area contributed by atoms with Crippen LogP contribution in [-0.4, -0.2) is 23.9 Å². The van der Waals surface area contributed by atoms with E-state index >= 15 is 0 Å². The number of anilines is 2. The number of aryl methyl sites for hydroxylation is 2. The highest BCUT2D eigenvalue weighted by Crippen LogP contribution is 2.37. The Morgan fingerprint density at radius 1 is 0.719 bits per heavy atom. The first kappa shape index (κ1) is 24.2. The SMILES string of the molecule is COc1ccc(S(=O)(=O)Nc2ccc(S(=O)(=O)Nc3ccc(C)c(C)c3)cc2)c(Cl)c1Cl. The fourth-order valence-corrected chi connectivity index (χ4v) is 5.76. The normalized spacial score (nSPS) is 11.8. The van der Waals surface area contributed by atoms with E-state index in [4.69, 9.17) is 27.9 Å². The van der Waals surface area contributed by atoms with Crippen LogP contribution in [0, 0.1) is 13.8 Å². The van der Waals surface area contributed by atoms with Gasteiger partial charge in [0.25, 0.3) is 20.0 Å². The fraction of sp³-hybridized carbons (Fsp3) is 0.143. The zero-order valence-electron chi connectivity index (χ0n) is 17.3. The standard InChI is InChI=1S/C21H20Cl2N2O5S2/c1-13-4-5-16(12-14(13)2)25-31(26,27)17-8-6-15(7-9-17)24-32(28,29)19-11-10-18(30-3)20(22)21(19)23/h4-12,24-25H,1-3H3. The molecule has 0 saturated carbocycles. The number of rotatable bonds is 7. The Labute approximate surface area is 197 Å². The minimum Gasteiger partial charge on any atom is -0.495 e. The molecular formula is C21H20Cl2N2O5S2. The molecule has 0 fully saturated rings. The van der Waals surface area contributed by atoms with E-state index < -0.39 is 20.0 Å². The molecule has 0 aromatic heterocycles. The number of nitrogens with one attached hydrogen (secondary N) is 2. The summed E-state index contributed by atoms with van der Waals surface area (Å²) in [6.07, 6.45) is 0. The summed E-state index contributed by atoms with van der Waals surface area (Å²) >= 11 is 12.1. The van der Waals surface area contributed by atoms with Gasteiger partial charge in [-0.05, 0) is 73.5 Å². The second kappa shape index (κ2) is 9.19. The summed E-state index contributed by atoms with van der Waals surface area (Å²) in [7, 11) is -6.56. The highest BCUT2D eigenvalue weighted by molar-refractivity contribution is 7.93. The van der Waals surface area contributed by atoms with Crippen molar-refractivity contribution in [3.63, 3.8) is 0 Å². The molecule has 3 rings (SSSR count). The van der Waals surface area contributed by atoms with Gasteiger partial charge in [-0.15, -0.1) is 0 Å². The number of halogens is 2. The van der Waals surface area contributed by atoms with Gasteiger partial charge in [-0.1, -0.05) is 29.3 Å². The molecule has 0 heterocycles. The average Bonchev–Trinajstić information content (AvgIpc) is 2.72. The van der Waals surface area contributed by atoms with Crippen LogP contribution in [0.2, 0.25) is 10.0 Å². The molecule has 0 aliphatic heterocycles. The second-order valence-electron chi connectivity index (χ2n) is 6.93. The van der Waals surface area contributed by atoms with Gasteiger partial charge in [-0.25, -0.2) is 16.8 Å². The van der Waals surface area contributed by atoms with E-state index in [-0.39, 0.29) is 31.3 Å². The number of methoxy groups -OCH3 is 1. The third-order valence-corrected chi connectivity index (χ3v) is 8.49. The lowest BCUT2D eigenvalue weighted by Gasteiger charge is -2.13. The minimum atomic E-state index is -4.08. The van der Waals surface area contributed by atoms with Gasteiger partial charge in [-0.2, -0.15) is 0 Å². The molecule has 0 aliphatic carbocycles. The van der Waals surface area contributed by atoms with Gasteiger partial charge < -0.3 is 4.74 Å². The Bertz CT molecular complexity index is 1370. The van der Waals surface area contributed by atoms with Gasteiger partial charge in [0.05, 0.1) is 17.0 Å². The topological polar surface area (TPSA) is 102 Å². The van der Waals surface area contributed by atoms with Crippen molar-refractivity contribution >= 4 is 54.6 Å². The fourth-order valence-electron chi connectivity index (χ4n) is 2.81. The molecular weight excluding hydrogens is 495 g/mol. The van der Waals surface area contributed by atoms with Crippen molar-refractivity contribution in [2.45, 2.75) is 23.6 Å². The molecule has 3 aromatic rings. The molecule has 0 atom stereocenters. The van der Waals surface area contributed by atoms with Crippen LogP contribution >= 0.6 is 23.2 Å². The van der Waals surface area contributed by atoms with Gasteiger partial charge >= 0.3 is 0 Å². The van der Waals surface area contributed by atoms with Gasteiger partial charge in [0.2, 0.25) is 0 Å². The Hall–Kier alpha value is -2.46. The van der Waals surface area contributed by atoms with E-state index in [1.165, 1.54) is 43.5 Å². The molecule has 0 amide bonds. The smallest absolute Gasteiger partial charge is 0.263 e. The van der Waals surface area contributed by atoms with Gasteiger partial charge in [0.1, 0.15) is 15.7 Å². The summed E-state index contributed by atoms with van der Waals surface area (Å²) in [6, 6.07) is 13.1. The molecule has 0 saturated heterocycles. The first-order chi connectivity index (χ1) is 14.9. The summed E-state index contributed by atoms with van der Waals surface area (Å²) in [5.41, 5.74) is 2.58. The van der Waals surface area contributed by atoms with Crippen LogP contribution in [-0.2, 0) is 20.0 Å². The summed E-state index contributed by atoms with van der Waals surface area (Å²) in [4.78, 5) is -0.262. The Morgan fingerprint density at radius 2 is 1.31 bits per heavy atom. The van der Waals surface area contributed by atoms with Crippen LogP contribution in [0.4, 0.5) is 11.4 Å². The molecule has 3 aromatic carbocycles. The van der Waals surface area contributed by atoms with E-state index in [0.29, 0.717) is 5.69 Å². The average molecular weight is 515 g/mol.